The summed E-state index contributed by atoms with van der Waals surface area (Å²) in [5, 5.41) is 8.65. The molecule has 5 heteroatoms. The Bertz CT molecular complexity index is 592. The van der Waals surface area contributed by atoms with Crippen molar-refractivity contribution in [1.29, 1.82) is 0 Å². The van der Waals surface area contributed by atoms with Crippen LogP contribution in [0.2, 0.25) is 5.02 Å². The number of halogens is 1. The number of ether oxygens (including phenoxy) is 1. The molecule has 1 aromatic carbocycles. The van der Waals surface area contributed by atoms with Gasteiger partial charge < -0.3 is 10.1 Å². The molecule has 2 aromatic rings. The number of hydrogen-bond acceptors (Lipinski definition) is 3. The molecule has 0 aliphatic carbocycles. The molecular formula is C16H22ClN3O. The Morgan fingerprint density at radius 1 is 1.33 bits per heavy atom. The van der Waals surface area contributed by atoms with Gasteiger partial charge in [-0.2, -0.15) is 5.10 Å². The SMILES string of the molecule is CCNC(Cc1c(Cl)c(C)nn1C)c1ccc(OC)cc1. The summed E-state index contributed by atoms with van der Waals surface area (Å²) in [5.74, 6) is 0.864. The van der Waals surface area contributed by atoms with Gasteiger partial charge in [0, 0.05) is 19.5 Å². The van der Waals surface area contributed by atoms with Gasteiger partial charge in [-0.05, 0) is 31.2 Å². The molecule has 0 saturated carbocycles. The highest BCUT2D eigenvalue weighted by Gasteiger charge is 2.18. The van der Waals surface area contributed by atoms with Crippen molar-refractivity contribution in [2.75, 3.05) is 13.7 Å². The minimum atomic E-state index is 0.202. The van der Waals surface area contributed by atoms with Gasteiger partial charge in [0.25, 0.3) is 0 Å². The highest BCUT2D eigenvalue weighted by atomic mass is 35.5. The van der Waals surface area contributed by atoms with E-state index in [0.717, 1.165) is 35.1 Å². The summed E-state index contributed by atoms with van der Waals surface area (Å²) in [4.78, 5) is 0. The lowest BCUT2D eigenvalue weighted by Crippen LogP contribution is -2.24. The monoisotopic (exact) mass is 307 g/mol. The lowest BCUT2D eigenvalue weighted by Gasteiger charge is -2.19. The van der Waals surface area contributed by atoms with Crippen molar-refractivity contribution in [3.63, 3.8) is 0 Å². The predicted octanol–water partition coefficient (Wildman–Crippen LogP) is 3.28. The number of rotatable bonds is 6. The summed E-state index contributed by atoms with van der Waals surface area (Å²) in [6.07, 6.45) is 0.802. The van der Waals surface area contributed by atoms with Gasteiger partial charge in [-0.25, -0.2) is 0 Å². The molecule has 4 nitrogen and oxygen atoms in total. The van der Waals surface area contributed by atoms with Gasteiger partial charge in [0.15, 0.2) is 0 Å². The molecule has 0 radical (unpaired) electrons. The Kier molecular flexibility index (Phi) is 5.26. The van der Waals surface area contributed by atoms with Crippen molar-refractivity contribution >= 4 is 11.6 Å². The van der Waals surface area contributed by atoms with E-state index in [2.05, 4.69) is 29.5 Å². The van der Waals surface area contributed by atoms with E-state index in [9.17, 15) is 0 Å². The first kappa shape index (κ1) is 15.9. The molecule has 1 unspecified atom stereocenters. The van der Waals surface area contributed by atoms with Crippen LogP contribution in [0.1, 0.15) is 29.9 Å². The predicted molar refractivity (Wildman–Crippen MR) is 86.1 cm³/mol. The number of likely N-dealkylation sites (N-methyl/N-ethyl adjacent to an activating group) is 1. The van der Waals surface area contributed by atoms with Crippen LogP contribution in [0.3, 0.4) is 0 Å². The zero-order valence-corrected chi connectivity index (χ0v) is 13.7. The van der Waals surface area contributed by atoms with Crippen LogP contribution in [0.25, 0.3) is 0 Å². The Labute approximate surface area is 131 Å². The number of nitrogens with one attached hydrogen (secondary N) is 1. The molecule has 0 saturated heterocycles. The minimum Gasteiger partial charge on any atom is -0.497 e. The normalized spacial score (nSPS) is 12.4. The van der Waals surface area contributed by atoms with Gasteiger partial charge >= 0.3 is 0 Å². The molecule has 21 heavy (non-hydrogen) atoms. The molecule has 1 N–H and O–H groups in total. The first-order chi connectivity index (χ1) is 10.1. The Morgan fingerprint density at radius 2 is 2.00 bits per heavy atom. The van der Waals surface area contributed by atoms with Crippen molar-refractivity contribution in [3.8, 4) is 5.75 Å². The maximum atomic E-state index is 6.36. The van der Waals surface area contributed by atoms with Crippen LogP contribution in [0.5, 0.6) is 5.75 Å². The van der Waals surface area contributed by atoms with Crippen LogP contribution in [0.4, 0.5) is 0 Å². The van der Waals surface area contributed by atoms with Crippen molar-refractivity contribution in [1.82, 2.24) is 15.1 Å². The molecule has 2 rings (SSSR count). The molecule has 1 heterocycles. The third kappa shape index (κ3) is 3.57. The third-order valence-corrected chi connectivity index (χ3v) is 4.12. The van der Waals surface area contributed by atoms with E-state index in [1.807, 2.05) is 30.8 Å². The van der Waals surface area contributed by atoms with E-state index >= 15 is 0 Å². The molecule has 0 bridgehead atoms. The summed E-state index contributed by atoms with van der Waals surface area (Å²) in [7, 11) is 3.61. The highest BCUT2D eigenvalue weighted by Crippen LogP contribution is 2.26. The molecule has 114 valence electrons. The van der Waals surface area contributed by atoms with E-state index in [4.69, 9.17) is 16.3 Å². The van der Waals surface area contributed by atoms with Crippen LogP contribution < -0.4 is 10.1 Å². The van der Waals surface area contributed by atoms with E-state index in [-0.39, 0.29) is 6.04 Å². The van der Waals surface area contributed by atoms with E-state index < -0.39 is 0 Å². The second-order valence-electron chi connectivity index (χ2n) is 5.06. The van der Waals surface area contributed by atoms with Crippen molar-refractivity contribution in [2.45, 2.75) is 26.3 Å². The fourth-order valence-electron chi connectivity index (χ4n) is 2.49. The molecule has 0 fully saturated rings. The average molecular weight is 308 g/mol. The van der Waals surface area contributed by atoms with Crippen LogP contribution in [-0.4, -0.2) is 23.4 Å². The largest absolute Gasteiger partial charge is 0.497 e. The second kappa shape index (κ2) is 6.96. The van der Waals surface area contributed by atoms with Gasteiger partial charge in [-0.1, -0.05) is 30.7 Å². The summed E-state index contributed by atoms with van der Waals surface area (Å²) in [5.41, 5.74) is 3.14. The summed E-state index contributed by atoms with van der Waals surface area (Å²) < 4.78 is 7.08. The third-order valence-electron chi connectivity index (χ3n) is 3.63. The summed E-state index contributed by atoms with van der Waals surface area (Å²) in [6.45, 7) is 4.93. The Morgan fingerprint density at radius 3 is 2.48 bits per heavy atom. The Balaban J connectivity index is 2.25. The van der Waals surface area contributed by atoms with E-state index in [1.54, 1.807) is 7.11 Å². The zero-order chi connectivity index (χ0) is 15.4. The van der Waals surface area contributed by atoms with Crippen molar-refractivity contribution in [3.05, 3.63) is 46.2 Å². The summed E-state index contributed by atoms with van der Waals surface area (Å²) in [6, 6.07) is 8.34. The number of methoxy groups -OCH3 is 1. The number of aromatic nitrogens is 2. The minimum absolute atomic E-state index is 0.202. The number of aryl methyl sites for hydroxylation is 2. The van der Waals surface area contributed by atoms with Gasteiger partial charge in [0.05, 0.1) is 23.5 Å². The van der Waals surface area contributed by atoms with Crippen LogP contribution in [0, 0.1) is 6.92 Å². The van der Waals surface area contributed by atoms with E-state index in [0.29, 0.717) is 0 Å². The smallest absolute Gasteiger partial charge is 0.118 e. The highest BCUT2D eigenvalue weighted by molar-refractivity contribution is 6.31. The summed E-state index contributed by atoms with van der Waals surface area (Å²) >= 11 is 6.36. The molecule has 0 aliphatic rings. The topological polar surface area (TPSA) is 39.1 Å². The van der Waals surface area contributed by atoms with Crippen LogP contribution >= 0.6 is 11.6 Å². The van der Waals surface area contributed by atoms with Crippen molar-refractivity contribution < 1.29 is 4.74 Å². The molecule has 0 aliphatic heterocycles. The maximum Gasteiger partial charge on any atom is 0.118 e. The Hall–Kier alpha value is -1.52. The number of nitrogens with zero attached hydrogens (tertiary/aromatic N) is 2. The van der Waals surface area contributed by atoms with Crippen LogP contribution in [-0.2, 0) is 13.5 Å². The van der Waals surface area contributed by atoms with Gasteiger partial charge in [-0.15, -0.1) is 0 Å². The second-order valence-corrected chi connectivity index (χ2v) is 5.44. The molecule has 1 atom stereocenters. The fourth-order valence-corrected chi connectivity index (χ4v) is 2.72. The molecule has 0 amide bonds. The lowest BCUT2D eigenvalue weighted by atomic mass is 10.0. The maximum absolute atomic E-state index is 6.36. The average Bonchev–Trinajstić information content (AvgIpc) is 2.73. The lowest BCUT2D eigenvalue weighted by molar-refractivity contribution is 0.414. The zero-order valence-electron chi connectivity index (χ0n) is 13.0. The van der Waals surface area contributed by atoms with Gasteiger partial charge in [-0.3, -0.25) is 4.68 Å². The molecule has 0 spiro atoms. The van der Waals surface area contributed by atoms with Gasteiger partial charge in [0.1, 0.15) is 5.75 Å². The first-order valence-electron chi connectivity index (χ1n) is 7.12. The quantitative estimate of drug-likeness (QED) is 0.890. The van der Waals surface area contributed by atoms with E-state index in [1.165, 1.54) is 5.56 Å². The molecule has 1 aromatic heterocycles. The number of benzene rings is 1. The fraction of sp³-hybridized carbons (Fsp3) is 0.438. The van der Waals surface area contributed by atoms with Crippen molar-refractivity contribution in [2.24, 2.45) is 7.05 Å². The number of hydrogen-bond donors (Lipinski definition) is 1. The standard InChI is InChI=1S/C16H22ClN3O/c1-5-18-14(12-6-8-13(21-4)9-7-12)10-15-16(17)11(2)19-20(15)3/h6-9,14,18H,5,10H2,1-4H3. The van der Waals surface area contributed by atoms with Gasteiger partial charge in [0.2, 0.25) is 0 Å². The first-order valence-corrected chi connectivity index (χ1v) is 7.49. The molecular weight excluding hydrogens is 286 g/mol. The van der Waals surface area contributed by atoms with Crippen LogP contribution in [0.15, 0.2) is 24.3 Å².